The van der Waals surface area contributed by atoms with Crippen molar-refractivity contribution in [3.63, 3.8) is 0 Å². The SMILES string of the molecule is COc1ccnc(NC2CCC(C)CC2C)n1. The molecule has 0 bridgehead atoms. The van der Waals surface area contributed by atoms with E-state index in [1.54, 1.807) is 19.4 Å². The maximum Gasteiger partial charge on any atom is 0.226 e. The highest BCUT2D eigenvalue weighted by molar-refractivity contribution is 5.29. The molecule has 1 aliphatic carbocycles. The Kier molecular flexibility index (Phi) is 3.82. The summed E-state index contributed by atoms with van der Waals surface area (Å²) >= 11 is 0. The molecule has 1 N–H and O–H groups in total. The normalized spacial score (nSPS) is 28.8. The number of nitrogens with zero attached hydrogens (tertiary/aromatic N) is 2. The summed E-state index contributed by atoms with van der Waals surface area (Å²) in [7, 11) is 1.62. The zero-order chi connectivity index (χ0) is 12.3. The molecule has 4 heteroatoms. The number of methoxy groups -OCH3 is 1. The molecular formula is C13H21N3O. The van der Waals surface area contributed by atoms with Gasteiger partial charge in [-0.05, 0) is 31.1 Å². The molecule has 0 aromatic carbocycles. The summed E-state index contributed by atoms with van der Waals surface area (Å²) < 4.78 is 5.10. The fourth-order valence-electron chi connectivity index (χ4n) is 2.57. The Labute approximate surface area is 103 Å². The van der Waals surface area contributed by atoms with Crippen LogP contribution < -0.4 is 10.1 Å². The van der Waals surface area contributed by atoms with Gasteiger partial charge in [-0.25, -0.2) is 4.98 Å². The van der Waals surface area contributed by atoms with Crippen molar-refractivity contribution in [2.45, 2.75) is 39.2 Å². The summed E-state index contributed by atoms with van der Waals surface area (Å²) in [6, 6.07) is 2.25. The summed E-state index contributed by atoms with van der Waals surface area (Å²) in [6.45, 7) is 4.63. The average Bonchev–Trinajstić information content (AvgIpc) is 2.33. The Morgan fingerprint density at radius 1 is 1.35 bits per heavy atom. The van der Waals surface area contributed by atoms with Crippen LogP contribution in [-0.2, 0) is 0 Å². The minimum Gasteiger partial charge on any atom is -0.481 e. The van der Waals surface area contributed by atoms with Crippen LogP contribution in [0.25, 0.3) is 0 Å². The Balaban J connectivity index is 2.00. The van der Waals surface area contributed by atoms with E-state index < -0.39 is 0 Å². The lowest BCUT2D eigenvalue weighted by Crippen LogP contribution is -2.33. The highest BCUT2D eigenvalue weighted by atomic mass is 16.5. The number of hydrogen-bond donors (Lipinski definition) is 1. The van der Waals surface area contributed by atoms with Crippen molar-refractivity contribution in [1.29, 1.82) is 0 Å². The molecule has 0 amide bonds. The maximum atomic E-state index is 5.10. The van der Waals surface area contributed by atoms with Gasteiger partial charge in [0.15, 0.2) is 0 Å². The maximum absolute atomic E-state index is 5.10. The summed E-state index contributed by atoms with van der Waals surface area (Å²) in [6.07, 6.45) is 5.49. The minimum absolute atomic E-state index is 0.485. The molecule has 94 valence electrons. The van der Waals surface area contributed by atoms with E-state index in [0.29, 0.717) is 23.8 Å². The van der Waals surface area contributed by atoms with Crippen LogP contribution in [0.1, 0.15) is 33.1 Å². The van der Waals surface area contributed by atoms with Crippen LogP contribution in [-0.4, -0.2) is 23.1 Å². The topological polar surface area (TPSA) is 47.0 Å². The number of aromatic nitrogens is 2. The van der Waals surface area contributed by atoms with Crippen molar-refractivity contribution in [2.24, 2.45) is 11.8 Å². The first-order valence-electron chi connectivity index (χ1n) is 6.32. The van der Waals surface area contributed by atoms with E-state index in [4.69, 9.17) is 4.74 Å². The molecule has 1 heterocycles. The summed E-state index contributed by atoms with van der Waals surface area (Å²) in [4.78, 5) is 8.53. The molecule has 1 saturated carbocycles. The number of rotatable bonds is 3. The van der Waals surface area contributed by atoms with Crippen LogP contribution in [0, 0.1) is 11.8 Å². The Hall–Kier alpha value is -1.32. The summed E-state index contributed by atoms with van der Waals surface area (Å²) in [5.74, 6) is 2.80. The number of nitrogens with one attached hydrogen (secondary N) is 1. The first-order chi connectivity index (χ1) is 8.19. The van der Waals surface area contributed by atoms with Crippen molar-refractivity contribution in [2.75, 3.05) is 12.4 Å². The number of anilines is 1. The van der Waals surface area contributed by atoms with Gasteiger partial charge in [0.25, 0.3) is 0 Å². The van der Waals surface area contributed by atoms with E-state index in [2.05, 4.69) is 29.1 Å². The van der Waals surface area contributed by atoms with Gasteiger partial charge in [-0.15, -0.1) is 0 Å². The van der Waals surface area contributed by atoms with Gasteiger partial charge in [-0.3, -0.25) is 0 Å². The largest absolute Gasteiger partial charge is 0.481 e. The van der Waals surface area contributed by atoms with Gasteiger partial charge in [-0.2, -0.15) is 4.98 Å². The Morgan fingerprint density at radius 3 is 2.88 bits per heavy atom. The lowest BCUT2D eigenvalue weighted by Gasteiger charge is -2.33. The van der Waals surface area contributed by atoms with E-state index in [-0.39, 0.29) is 0 Å². The second-order valence-electron chi connectivity index (χ2n) is 5.07. The van der Waals surface area contributed by atoms with Crippen LogP contribution in [0.4, 0.5) is 5.95 Å². The minimum atomic E-state index is 0.485. The zero-order valence-electron chi connectivity index (χ0n) is 10.8. The third-order valence-electron chi connectivity index (χ3n) is 3.59. The third-order valence-corrected chi connectivity index (χ3v) is 3.59. The van der Waals surface area contributed by atoms with Crippen LogP contribution in [0.5, 0.6) is 5.88 Å². The standard InChI is InChI=1S/C13H21N3O/c1-9-4-5-11(10(2)8-9)15-13-14-7-6-12(16-13)17-3/h6-7,9-11H,4-5,8H2,1-3H3,(H,14,15,16). The van der Waals surface area contributed by atoms with Crippen molar-refractivity contribution in [3.05, 3.63) is 12.3 Å². The second-order valence-corrected chi connectivity index (χ2v) is 5.07. The van der Waals surface area contributed by atoms with Crippen molar-refractivity contribution >= 4 is 5.95 Å². The van der Waals surface area contributed by atoms with Crippen molar-refractivity contribution < 1.29 is 4.74 Å². The zero-order valence-corrected chi connectivity index (χ0v) is 10.8. The van der Waals surface area contributed by atoms with Gasteiger partial charge in [0.05, 0.1) is 7.11 Å². The molecule has 17 heavy (non-hydrogen) atoms. The molecular weight excluding hydrogens is 214 g/mol. The second kappa shape index (κ2) is 5.34. The van der Waals surface area contributed by atoms with Crippen molar-refractivity contribution in [1.82, 2.24) is 9.97 Å². The molecule has 2 rings (SSSR count). The fourth-order valence-corrected chi connectivity index (χ4v) is 2.57. The van der Waals surface area contributed by atoms with E-state index >= 15 is 0 Å². The van der Waals surface area contributed by atoms with Gasteiger partial charge in [-0.1, -0.05) is 13.8 Å². The van der Waals surface area contributed by atoms with E-state index in [0.717, 1.165) is 5.92 Å². The Morgan fingerprint density at radius 2 is 2.18 bits per heavy atom. The van der Waals surface area contributed by atoms with Gasteiger partial charge < -0.3 is 10.1 Å². The van der Waals surface area contributed by atoms with Gasteiger partial charge in [0, 0.05) is 18.3 Å². The van der Waals surface area contributed by atoms with Crippen LogP contribution in [0.3, 0.4) is 0 Å². The highest BCUT2D eigenvalue weighted by Gasteiger charge is 2.25. The summed E-state index contributed by atoms with van der Waals surface area (Å²) in [5.41, 5.74) is 0. The monoisotopic (exact) mass is 235 g/mol. The Bertz CT molecular complexity index is 369. The molecule has 1 aromatic rings. The molecule has 1 aliphatic rings. The lowest BCUT2D eigenvalue weighted by molar-refractivity contribution is 0.275. The quantitative estimate of drug-likeness (QED) is 0.875. The van der Waals surface area contributed by atoms with E-state index in [1.165, 1.54) is 19.3 Å². The summed E-state index contributed by atoms with van der Waals surface area (Å²) in [5, 5.41) is 3.42. The van der Waals surface area contributed by atoms with Gasteiger partial charge >= 0.3 is 0 Å². The molecule has 1 fully saturated rings. The first-order valence-corrected chi connectivity index (χ1v) is 6.32. The molecule has 0 radical (unpaired) electrons. The number of ether oxygens (including phenoxy) is 1. The average molecular weight is 235 g/mol. The molecule has 3 atom stereocenters. The third kappa shape index (κ3) is 3.08. The lowest BCUT2D eigenvalue weighted by atomic mass is 9.80. The molecule has 4 nitrogen and oxygen atoms in total. The fraction of sp³-hybridized carbons (Fsp3) is 0.692. The van der Waals surface area contributed by atoms with Crippen LogP contribution >= 0.6 is 0 Å². The van der Waals surface area contributed by atoms with E-state index in [9.17, 15) is 0 Å². The van der Waals surface area contributed by atoms with Crippen molar-refractivity contribution in [3.8, 4) is 5.88 Å². The van der Waals surface area contributed by atoms with Gasteiger partial charge in [0.2, 0.25) is 11.8 Å². The smallest absolute Gasteiger partial charge is 0.226 e. The van der Waals surface area contributed by atoms with E-state index in [1.807, 2.05) is 0 Å². The molecule has 3 unspecified atom stereocenters. The highest BCUT2D eigenvalue weighted by Crippen LogP contribution is 2.30. The first kappa shape index (κ1) is 12.1. The molecule has 0 saturated heterocycles. The predicted molar refractivity (Wildman–Crippen MR) is 68.2 cm³/mol. The molecule has 0 aliphatic heterocycles. The molecule has 0 spiro atoms. The van der Waals surface area contributed by atoms with Crippen LogP contribution in [0.15, 0.2) is 12.3 Å². The predicted octanol–water partition coefficient (Wildman–Crippen LogP) is 2.72. The molecule has 1 aromatic heterocycles. The van der Waals surface area contributed by atoms with Gasteiger partial charge in [0.1, 0.15) is 0 Å². The number of hydrogen-bond acceptors (Lipinski definition) is 4. The van der Waals surface area contributed by atoms with Crippen LogP contribution in [0.2, 0.25) is 0 Å².